The fraction of sp³-hybridized carbons (Fsp3) is 0.583. The van der Waals surface area contributed by atoms with Crippen molar-refractivity contribution in [1.29, 1.82) is 0 Å². The fourth-order valence-corrected chi connectivity index (χ4v) is 4.01. The summed E-state index contributed by atoms with van der Waals surface area (Å²) in [6.07, 6.45) is 7.94. The van der Waals surface area contributed by atoms with Gasteiger partial charge in [-0.15, -0.1) is 0 Å². The Labute approximate surface area is 179 Å². The van der Waals surface area contributed by atoms with E-state index in [0.29, 0.717) is 6.42 Å². The van der Waals surface area contributed by atoms with Gasteiger partial charge in [-0.1, -0.05) is 29.9 Å². The van der Waals surface area contributed by atoms with Crippen molar-refractivity contribution in [3.8, 4) is 0 Å². The Balaban J connectivity index is 2.24. The Kier molecular flexibility index (Phi) is 8.90. The average Bonchev–Trinajstić information content (AvgIpc) is 2.74. The highest BCUT2D eigenvalue weighted by atomic mass is 16.7. The minimum Gasteiger partial charge on any atom is -0.462 e. The number of carbonyl (C=O) groups is 2. The Morgan fingerprint density at radius 1 is 1.30 bits per heavy atom. The molecule has 0 amide bonds. The van der Waals surface area contributed by atoms with Crippen molar-refractivity contribution in [1.82, 2.24) is 0 Å². The summed E-state index contributed by atoms with van der Waals surface area (Å²) >= 11 is 0. The molecule has 1 aliphatic heterocycles. The minimum atomic E-state index is -0.749. The smallest absolute Gasteiger partial charge is 0.305 e. The molecule has 6 nitrogen and oxygen atoms in total. The van der Waals surface area contributed by atoms with Crippen LogP contribution in [0, 0.1) is 11.8 Å². The average molecular weight is 419 g/mol. The zero-order valence-corrected chi connectivity index (χ0v) is 18.5. The van der Waals surface area contributed by atoms with Gasteiger partial charge in [0.15, 0.2) is 0 Å². The van der Waals surface area contributed by atoms with Gasteiger partial charge in [-0.05, 0) is 63.0 Å². The maximum absolute atomic E-state index is 11.6. The maximum Gasteiger partial charge on any atom is 0.305 e. The Bertz CT molecular complexity index is 745. The van der Waals surface area contributed by atoms with Gasteiger partial charge in [0.2, 0.25) is 6.29 Å². The maximum atomic E-state index is 11.6. The first-order chi connectivity index (χ1) is 14.2. The van der Waals surface area contributed by atoms with Gasteiger partial charge in [-0.3, -0.25) is 9.59 Å². The first-order valence-corrected chi connectivity index (χ1v) is 10.5. The van der Waals surface area contributed by atoms with Gasteiger partial charge in [0.1, 0.15) is 6.61 Å². The van der Waals surface area contributed by atoms with Crippen LogP contribution >= 0.6 is 0 Å². The topological polar surface area (TPSA) is 82.1 Å². The van der Waals surface area contributed by atoms with E-state index < -0.39 is 18.4 Å². The van der Waals surface area contributed by atoms with Crippen LogP contribution in [-0.4, -0.2) is 36.0 Å². The quantitative estimate of drug-likeness (QED) is 0.510. The summed E-state index contributed by atoms with van der Waals surface area (Å²) in [7, 11) is 0. The minimum absolute atomic E-state index is 0.0331. The summed E-state index contributed by atoms with van der Waals surface area (Å²) in [6.45, 7) is 11.2. The molecule has 0 fully saturated rings. The number of carbonyl (C=O) groups excluding carboxylic acids is 2. The predicted molar refractivity (Wildman–Crippen MR) is 114 cm³/mol. The van der Waals surface area contributed by atoms with Gasteiger partial charge in [0, 0.05) is 13.8 Å². The number of aliphatic hydroxyl groups is 1. The highest BCUT2D eigenvalue weighted by molar-refractivity contribution is 5.66. The molecule has 0 unspecified atom stereocenters. The Morgan fingerprint density at radius 2 is 2.03 bits per heavy atom. The Morgan fingerprint density at radius 3 is 2.70 bits per heavy atom. The SMILES string of the molecule is C=C1CC/C=C(\C)CC[C@@H]2C([C@@H](O)C/C=C(\C)COC(C)=O)=CO[C@H](OC(C)=O)[C@@H]12. The lowest BCUT2D eigenvalue weighted by Gasteiger charge is -2.39. The second kappa shape index (κ2) is 11.2. The summed E-state index contributed by atoms with van der Waals surface area (Å²) in [6, 6.07) is 0. The third-order valence-electron chi connectivity index (χ3n) is 5.63. The molecule has 0 aromatic heterocycles. The van der Waals surface area contributed by atoms with Crippen LogP contribution in [0.25, 0.3) is 0 Å². The number of aliphatic hydroxyl groups excluding tert-OH is 1. The van der Waals surface area contributed by atoms with Crippen LogP contribution in [0.3, 0.4) is 0 Å². The normalized spacial score (nSPS) is 27.7. The van der Waals surface area contributed by atoms with E-state index in [1.165, 1.54) is 19.4 Å². The number of rotatable bonds is 6. The molecule has 2 aliphatic rings. The van der Waals surface area contributed by atoms with Crippen LogP contribution in [0.5, 0.6) is 0 Å². The van der Waals surface area contributed by atoms with Gasteiger partial charge in [0.05, 0.1) is 18.3 Å². The molecular formula is C24H34O6. The number of hydrogen-bond donors (Lipinski definition) is 1. The highest BCUT2D eigenvalue weighted by Gasteiger charge is 2.41. The summed E-state index contributed by atoms with van der Waals surface area (Å²) in [4.78, 5) is 22.6. The second-order valence-electron chi connectivity index (χ2n) is 8.23. The van der Waals surface area contributed by atoms with Crippen LogP contribution in [-0.2, 0) is 23.8 Å². The van der Waals surface area contributed by atoms with E-state index in [-0.39, 0.29) is 24.4 Å². The van der Waals surface area contributed by atoms with Gasteiger partial charge in [-0.25, -0.2) is 0 Å². The summed E-state index contributed by atoms with van der Waals surface area (Å²) in [5.74, 6) is -0.969. The zero-order chi connectivity index (χ0) is 22.3. The number of allylic oxidation sites excluding steroid dienone is 2. The van der Waals surface area contributed by atoms with E-state index in [0.717, 1.165) is 42.4 Å². The molecule has 0 aromatic rings. The molecule has 0 saturated carbocycles. The molecule has 30 heavy (non-hydrogen) atoms. The van der Waals surface area contributed by atoms with Crippen LogP contribution < -0.4 is 0 Å². The van der Waals surface area contributed by atoms with Gasteiger partial charge >= 0.3 is 11.9 Å². The van der Waals surface area contributed by atoms with Crippen molar-refractivity contribution in [3.05, 3.63) is 47.3 Å². The number of ether oxygens (including phenoxy) is 3. The van der Waals surface area contributed by atoms with Crippen molar-refractivity contribution < 1.29 is 28.9 Å². The molecule has 166 valence electrons. The molecular weight excluding hydrogens is 384 g/mol. The summed E-state index contributed by atoms with van der Waals surface area (Å²) in [5.41, 5.74) is 3.94. The largest absolute Gasteiger partial charge is 0.462 e. The van der Waals surface area contributed by atoms with Gasteiger partial charge < -0.3 is 19.3 Å². The standard InChI is InChI=1S/C24H34O6/c1-15-7-6-8-17(3)23-20(11-9-15)21(14-29-24(23)30-19(5)26)22(27)12-10-16(2)13-28-18(4)25/h7,10,14,20,22-24,27H,3,6,8-9,11-13H2,1-2,4-5H3/b15-7+,16-10+/t20-,22+,23+,24-/m1/s1. The fourth-order valence-electron chi connectivity index (χ4n) is 4.01. The lowest BCUT2D eigenvalue weighted by Crippen LogP contribution is -2.40. The molecule has 1 heterocycles. The molecule has 0 bridgehead atoms. The molecule has 0 radical (unpaired) electrons. The molecule has 0 spiro atoms. The van der Waals surface area contributed by atoms with E-state index in [1.54, 1.807) is 6.26 Å². The third-order valence-corrected chi connectivity index (χ3v) is 5.63. The van der Waals surface area contributed by atoms with Crippen molar-refractivity contribution in [2.45, 2.75) is 72.2 Å². The first-order valence-electron chi connectivity index (χ1n) is 10.5. The summed E-state index contributed by atoms with van der Waals surface area (Å²) < 4.78 is 16.2. The third kappa shape index (κ3) is 6.87. The van der Waals surface area contributed by atoms with Crippen LogP contribution in [0.1, 0.15) is 59.8 Å². The Hall–Kier alpha value is -2.34. The lowest BCUT2D eigenvalue weighted by atomic mass is 9.74. The van der Waals surface area contributed by atoms with E-state index in [9.17, 15) is 14.7 Å². The molecule has 0 saturated heterocycles. The number of hydrogen-bond acceptors (Lipinski definition) is 6. The lowest BCUT2D eigenvalue weighted by molar-refractivity contribution is -0.180. The van der Waals surface area contributed by atoms with E-state index in [1.807, 2.05) is 13.0 Å². The van der Waals surface area contributed by atoms with Crippen molar-refractivity contribution in [3.63, 3.8) is 0 Å². The molecule has 4 atom stereocenters. The molecule has 2 rings (SSSR count). The van der Waals surface area contributed by atoms with Crippen LogP contribution in [0.15, 0.2) is 47.3 Å². The van der Waals surface area contributed by atoms with Crippen molar-refractivity contribution in [2.75, 3.05) is 6.61 Å². The molecule has 1 N–H and O–H groups in total. The highest BCUT2D eigenvalue weighted by Crippen LogP contribution is 2.43. The van der Waals surface area contributed by atoms with Crippen LogP contribution in [0.4, 0.5) is 0 Å². The van der Waals surface area contributed by atoms with Crippen molar-refractivity contribution >= 4 is 11.9 Å². The first kappa shape index (κ1) is 23.9. The predicted octanol–water partition coefficient (Wildman–Crippen LogP) is 4.36. The monoisotopic (exact) mass is 418 g/mol. The van der Waals surface area contributed by atoms with Crippen molar-refractivity contribution in [2.24, 2.45) is 11.8 Å². The van der Waals surface area contributed by atoms with E-state index in [4.69, 9.17) is 14.2 Å². The molecule has 0 aromatic carbocycles. The number of esters is 2. The summed E-state index contributed by atoms with van der Waals surface area (Å²) in [5, 5.41) is 10.9. The molecule has 6 heteroatoms. The molecule has 1 aliphatic carbocycles. The second-order valence-corrected chi connectivity index (χ2v) is 8.23. The van der Waals surface area contributed by atoms with Gasteiger partial charge in [-0.2, -0.15) is 0 Å². The van der Waals surface area contributed by atoms with Crippen LogP contribution in [0.2, 0.25) is 0 Å². The van der Waals surface area contributed by atoms with Gasteiger partial charge in [0.25, 0.3) is 0 Å². The number of fused-ring (bicyclic) bond motifs is 1. The zero-order valence-electron chi connectivity index (χ0n) is 18.5. The van der Waals surface area contributed by atoms with E-state index >= 15 is 0 Å². The van der Waals surface area contributed by atoms with E-state index in [2.05, 4.69) is 19.6 Å².